The summed E-state index contributed by atoms with van der Waals surface area (Å²) in [6.45, 7) is 0. The van der Waals surface area contributed by atoms with Crippen LogP contribution in [-0.4, -0.2) is 9.97 Å². The van der Waals surface area contributed by atoms with E-state index in [1.54, 1.807) is 11.3 Å². The van der Waals surface area contributed by atoms with E-state index in [1.807, 2.05) is 12.1 Å². The smallest absolute Gasteiger partial charge is 0.141 e. The number of fused-ring (bicyclic) bond motifs is 1. The molecule has 0 spiro atoms. The molecule has 3 aromatic rings. The molecule has 0 saturated heterocycles. The molecule has 3 rings (SSSR count). The second-order valence-electron chi connectivity index (χ2n) is 3.50. The molecule has 0 saturated carbocycles. The first-order valence-corrected chi connectivity index (χ1v) is 6.94. The van der Waals surface area contributed by atoms with E-state index in [9.17, 15) is 0 Å². The van der Waals surface area contributed by atoms with Crippen molar-refractivity contribution in [2.75, 3.05) is 0 Å². The fraction of sp³-hybridized carbons (Fsp3) is 0. The second kappa shape index (κ2) is 4.37. The molecule has 0 atom stereocenters. The van der Waals surface area contributed by atoms with E-state index < -0.39 is 0 Å². The number of rotatable bonds is 1. The van der Waals surface area contributed by atoms with E-state index in [0.717, 1.165) is 25.8 Å². The van der Waals surface area contributed by atoms with Gasteiger partial charge in [0.1, 0.15) is 16.3 Å². The summed E-state index contributed by atoms with van der Waals surface area (Å²) in [5.41, 5.74) is 2.19. The minimum Gasteiger partial charge on any atom is -0.225 e. The number of aromatic nitrogens is 2. The van der Waals surface area contributed by atoms with Gasteiger partial charge in [0.25, 0.3) is 0 Å². The summed E-state index contributed by atoms with van der Waals surface area (Å²) in [6.07, 6.45) is 1.49. The van der Waals surface area contributed by atoms with Crippen LogP contribution < -0.4 is 0 Å². The molecule has 2 nitrogen and oxygen atoms in total. The number of halogens is 2. The van der Waals surface area contributed by atoms with Crippen LogP contribution in [0, 0.1) is 0 Å². The number of benzene rings is 1. The summed E-state index contributed by atoms with van der Waals surface area (Å²) in [5, 5.41) is 3.50. The summed E-state index contributed by atoms with van der Waals surface area (Å²) < 4.78 is 1.04. The lowest BCUT2D eigenvalue weighted by molar-refractivity contribution is 1.23. The van der Waals surface area contributed by atoms with Crippen LogP contribution in [0.4, 0.5) is 0 Å². The van der Waals surface area contributed by atoms with Crippen molar-refractivity contribution in [1.29, 1.82) is 0 Å². The van der Waals surface area contributed by atoms with Crippen molar-refractivity contribution in [2.45, 2.75) is 0 Å². The maximum atomic E-state index is 6.14. The van der Waals surface area contributed by atoms with E-state index in [0.29, 0.717) is 5.15 Å². The third-order valence-electron chi connectivity index (χ3n) is 2.46. The van der Waals surface area contributed by atoms with Crippen LogP contribution in [0.5, 0.6) is 0 Å². The summed E-state index contributed by atoms with van der Waals surface area (Å²) in [6, 6.07) is 8.11. The molecule has 0 radical (unpaired) electrons. The molecule has 0 bridgehead atoms. The van der Waals surface area contributed by atoms with Crippen LogP contribution in [0.2, 0.25) is 5.15 Å². The second-order valence-corrected chi connectivity index (χ2v) is 5.64. The fourth-order valence-electron chi connectivity index (χ4n) is 1.71. The first-order valence-electron chi connectivity index (χ1n) is 4.89. The van der Waals surface area contributed by atoms with Gasteiger partial charge in [0, 0.05) is 15.4 Å². The predicted molar refractivity (Wildman–Crippen MR) is 75.6 cm³/mol. The Morgan fingerprint density at radius 3 is 2.94 bits per heavy atom. The van der Waals surface area contributed by atoms with Crippen LogP contribution >= 0.6 is 38.9 Å². The molecule has 0 unspecified atom stereocenters. The number of hydrogen-bond donors (Lipinski definition) is 0. The van der Waals surface area contributed by atoms with Gasteiger partial charge >= 0.3 is 0 Å². The van der Waals surface area contributed by atoms with E-state index >= 15 is 0 Å². The van der Waals surface area contributed by atoms with Crippen molar-refractivity contribution in [1.82, 2.24) is 9.97 Å². The molecule has 0 aliphatic carbocycles. The molecule has 84 valence electrons. The zero-order valence-electron chi connectivity index (χ0n) is 8.52. The Hall–Kier alpha value is -0.970. The van der Waals surface area contributed by atoms with Crippen molar-refractivity contribution in [3.8, 4) is 11.1 Å². The van der Waals surface area contributed by atoms with Crippen LogP contribution in [0.3, 0.4) is 0 Å². The maximum Gasteiger partial charge on any atom is 0.141 e. The number of thiophene rings is 1. The molecule has 17 heavy (non-hydrogen) atoms. The Bertz CT molecular complexity index is 696. The van der Waals surface area contributed by atoms with Crippen LogP contribution in [0.15, 0.2) is 40.4 Å². The fourth-order valence-corrected chi connectivity index (χ4v) is 3.31. The van der Waals surface area contributed by atoms with Gasteiger partial charge in [-0.25, -0.2) is 9.97 Å². The van der Waals surface area contributed by atoms with Gasteiger partial charge in [-0.15, -0.1) is 11.3 Å². The molecular weight excluding hydrogens is 320 g/mol. The highest BCUT2D eigenvalue weighted by atomic mass is 79.9. The molecule has 0 fully saturated rings. The molecule has 2 heterocycles. The summed E-state index contributed by atoms with van der Waals surface area (Å²) in [7, 11) is 0. The van der Waals surface area contributed by atoms with Crippen LogP contribution in [-0.2, 0) is 0 Å². The van der Waals surface area contributed by atoms with E-state index in [4.69, 9.17) is 11.6 Å². The van der Waals surface area contributed by atoms with Crippen molar-refractivity contribution >= 4 is 49.1 Å². The average molecular weight is 326 g/mol. The normalized spacial score (nSPS) is 10.9. The monoisotopic (exact) mass is 324 g/mol. The lowest BCUT2D eigenvalue weighted by Gasteiger charge is -2.01. The van der Waals surface area contributed by atoms with Crippen molar-refractivity contribution in [2.24, 2.45) is 0 Å². The molecule has 0 N–H and O–H groups in total. The predicted octanol–water partition coefficient (Wildman–Crippen LogP) is 4.77. The Kier molecular flexibility index (Phi) is 2.86. The highest BCUT2D eigenvalue weighted by Crippen LogP contribution is 2.36. The van der Waals surface area contributed by atoms with Gasteiger partial charge in [0.15, 0.2) is 0 Å². The number of hydrogen-bond acceptors (Lipinski definition) is 3. The van der Waals surface area contributed by atoms with Gasteiger partial charge in [-0.2, -0.15) is 0 Å². The Morgan fingerprint density at radius 1 is 1.24 bits per heavy atom. The Labute approximate surface area is 115 Å². The highest BCUT2D eigenvalue weighted by Gasteiger charge is 2.11. The topological polar surface area (TPSA) is 25.8 Å². The van der Waals surface area contributed by atoms with Gasteiger partial charge in [0.05, 0.1) is 5.39 Å². The standard InChI is InChI=1S/C12H6BrClN2S/c13-8-3-1-2-7(4-8)9-5-17-12-10(9)11(14)15-6-16-12/h1-6H. The Balaban J connectivity index is 2.31. The van der Waals surface area contributed by atoms with Crippen LogP contribution in [0.1, 0.15) is 0 Å². The SMILES string of the molecule is Clc1ncnc2scc(-c3cccc(Br)c3)c12. The van der Waals surface area contributed by atoms with Crippen molar-refractivity contribution < 1.29 is 0 Å². The van der Waals surface area contributed by atoms with E-state index in [2.05, 4.69) is 43.4 Å². The molecule has 0 amide bonds. The van der Waals surface area contributed by atoms with Gasteiger partial charge in [-0.1, -0.05) is 39.7 Å². The molecule has 5 heteroatoms. The largest absolute Gasteiger partial charge is 0.225 e. The summed E-state index contributed by atoms with van der Waals surface area (Å²) in [4.78, 5) is 9.18. The van der Waals surface area contributed by atoms with Gasteiger partial charge in [0.2, 0.25) is 0 Å². The van der Waals surface area contributed by atoms with E-state index in [-0.39, 0.29) is 0 Å². The minimum atomic E-state index is 0.506. The quantitative estimate of drug-likeness (QED) is 0.602. The highest BCUT2D eigenvalue weighted by molar-refractivity contribution is 9.10. The first-order chi connectivity index (χ1) is 8.25. The Morgan fingerprint density at radius 2 is 2.12 bits per heavy atom. The average Bonchev–Trinajstić information content (AvgIpc) is 2.74. The zero-order chi connectivity index (χ0) is 11.8. The van der Waals surface area contributed by atoms with Crippen LogP contribution in [0.25, 0.3) is 21.3 Å². The maximum absolute atomic E-state index is 6.14. The molecule has 0 aliphatic heterocycles. The van der Waals surface area contributed by atoms with Crippen molar-refractivity contribution in [3.05, 3.63) is 45.6 Å². The first kappa shape index (κ1) is 11.1. The third kappa shape index (κ3) is 1.97. The van der Waals surface area contributed by atoms with E-state index in [1.165, 1.54) is 6.33 Å². The van der Waals surface area contributed by atoms with Gasteiger partial charge in [-0.3, -0.25) is 0 Å². The van der Waals surface area contributed by atoms with Crippen molar-refractivity contribution in [3.63, 3.8) is 0 Å². The molecule has 2 aromatic heterocycles. The van der Waals surface area contributed by atoms with Gasteiger partial charge < -0.3 is 0 Å². The molecule has 1 aromatic carbocycles. The summed E-state index contributed by atoms with van der Waals surface area (Å²) in [5.74, 6) is 0. The zero-order valence-corrected chi connectivity index (χ0v) is 11.7. The number of nitrogens with zero attached hydrogens (tertiary/aromatic N) is 2. The van der Waals surface area contributed by atoms with Gasteiger partial charge in [-0.05, 0) is 17.7 Å². The third-order valence-corrected chi connectivity index (χ3v) is 4.13. The molecular formula is C12H6BrClN2S. The lowest BCUT2D eigenvalue weighted by Crippen LogP contribution is -1.81. The molecule has 0 aliphatic rings. The minimum absolute atomic E-state index is 0.506. The summed E-state index contributed by atoms with van der Waals surface area (Å²) >= 11 is 11.2. The lowest BCUT2D eigenvalue weighted by atomic mass is 10.1.